The highest BCUT2D eigenvalue weighted by Crippen LogP contribution is 2.29. The van der Waals surface area contributed by atoms with Gasteiger partial charge in [-0.25, -0.2) is 13.1 Å². The minimum Gasteiger partial charge on any atom is -0.447 e. The lowest BCUT2D eigenvalue weighted by molar-refractivity contribution is 0.410. The molecule has 1 saturated carbocycles. The molecule has 3 N–H and O–H groups in total. The third-order valence-corrected chi connectivity index (χ3v) is 5.63. The lowest BCUT2D eigenvalue weighted by atomic mass is 10.3. The van der Waals surface area contributed by atoms with E-state index in [2.05, 4.69) is 11.0 Å². The molecule has 1 aliphatic rings. The summed E-state index contributed by atoms with van der Waals surface area (Å²) in [6, 6.07) is 3.05. The van der Waals surface area contributed by atoms with E-state index < -0.39 is 10.0 Å². The van der Waals surface area contributed by atoms with Crippen LogP contribution in [0.1, 0.15) is 25.0 Å². The molecule has 1 aromatic rings. The third-order valence-electron chi connectivity index (χ3n) is 3.14. The average molecular weight is 290 g/mol. The van der Waals surface area contributed by atoms with Gasteiger partial charge in [0.25, 0.3) is 10.0 Å². The molecule has 1 aliphatic carbocycles. The largest absolute Gasteiger partial charge is 0.447 e. The fourth-order valence-corrected chi connectivity index (χ4v) is 4.18. The summed E-state index contributed by atoms with van der Waals surface area (Å²) >= 11 is 1.79. The SMILES string of the molecule is CSC1CCC(NS(=O)(=O)c2ccc(CN)o2)C1. The molecule has 18 heavy (non-hydrogen) atoms. The van der Waals surface area contributed by atoms with Crippen molar-refractivity contribution < 1.29 is 12.8 Å². The molecule has 1 aromatic heterocycles. The van der Waals surface area contributed by atoms with E-state index in [1.54, 1.807) is 17.8 Å². The van der Waals surface area contributed by atoms with Gasteiger partial charge in [0.15, 0.2) is 0 Å². The van der Waals surface area contributed by atoms with E-state index in [0.29, 0.717) is 11.0 Å². The minimum atomic E-state index is -3.55. The van der Waals surface area contributed by atoms with Gasteiger partial charge in [-0.05, 0) is 37.7 Å². The van der Waals surface area contributed by atoms with Crippen molar-refractivity contribution in [1.29, 1.82) is 0 Å². The van der Waals surface area contributed by atoms with Gasteiger partial charge < -0.3 is 10.2 Å². The van der Waals surface area contributed by atoms with Gasteiger partial charge in [0.2, 0.25) is 5.09 Å². The summed E-state index contributed by atoms with van der Waals surface area (Å²) in [7, 11) is -3.55. The normalized spacial score (nSPS) is 24.6. The van der Waals surface area contributed by atoms with Crippen LogP contribution in [0.3, 0.4) is 0 Å². The van der Waals surface area contributed by atoms with Crippen LogP contribution < -0.4 is 10.5 Å². The molecule has 7 heteroatoms. The van der Waals surface area contributed by atoms with Gasteiger partial charge >= 0.3 is 0 Å². The number of hydrogen-bond donors (Lipinski definition) is 2. The molecule has 0 saturated heterocycles. The van der Waals surface area contributed by atoms with E-state index in [1.165, 1.54) is 6.07 Å². The van der Waals surface area contributed by atoms with Crippen molar-refractivity contribution in [2.75, 3.05) is 6.26 Å². The molecule has 102 valence electrons. The fourth-order valence-electron chi connectivity index (χ4n) is 2.15. The lowest BCUT2D eigenvalue weighted by Gasteiger charge is -2.11. The zero-order chi connectivity index (χ0) is 13.2. The number of nitrogens with two attached hydrogens (primary N) is 1. The van der Waals surface area contributed by atoms with Gasteiger partial charge in [-0.1, -0.05) is 0 Å². The first-order valence-electron chi connectivity index (χ1n) is 5.89. The number of sulfonamides is 1. The predicted octanol–water partition coefficient (Wildman–Crippen LogP) is 1.30. The van der Waals surface area contributed by atoms with Crippen molar-refractivity contribution in [3.05, 3.63) is 17.9 Å². The predicted molar refractivity (Wildman–Crippen MR) is 71.9 cm³/mol. The number of furan rings is 1. The maximum absolute atomic E-state index is 12.1. The second-order valence-electron chi connectivity index (χ2n) is 4.41. The van der Waals surface area contributed by atoms with Gasteiger partial charge in [-0.15, -0.1) is 0 Å². The number of thioether (sulfide) groups is 1. The van der Waals surface area contributed by atoms with Gasteiger partial charge in [0.1, 0.15) is 5.76 Å². The van der Waals surface area contributed by atoms with Crippen LogP contribution in [0.25, 0.3) is 0 Å². The van der Waals surface area contributed by atoms with E-state index in [-0.39, 0.29) is 17.7 Å². The Morgan fingerprint density at radius 1 is 1.50 bits per heavy atom. The molecule has 0 amide bonds. The Hall–Kier alpha value is -0.500. The molecular weight excluding hydrogens is 272 g/mol. The third kappa shape index (κ3) is 3.09. The zero-order valence-corrected chi connectivity index (χ0v) is 11.9. The average Bonchev–Trinajstić information content (AvgIpc) is 2.96. The molecule has 0 aromatic carbocycles. The Morgan fingerprint density at radius 2 is 2.28 bits per heavy atom. The first-order valence-corrected chi connectivity index (χ1v) is 8.66. The fraction of sp³-hybridized carbons (Fsp3) is 0.636. The van der Waals surface area contributed by atoms with Crippen molar-refractivity contribution in [2.24, 2.45) is 5.73 Å². The van der Waals surface area contributed by atoms with Crippen LogP contribution in [0.4, 0.5) is 0 Å². The van der Waals surface area contributed by atoms with Crippen LogP contribution in [0.2, 0.25) is 0 Å². The van der Waals surface area contributed by atoms with Gasteiger partial charge in [-0.3, -0.25) is 0 Å². The minimum absolute atomic E-state index is 0.0128. The highest BCUT2D eigenvalue weighted by atomic mass is 32.2. The van der Waals surface area contributed by atoms with Crippen molar-refractivity contribution in [3.63, 3.8) is 0 Å². The van der Waals surface area contributed by atoms with Crippen LogP contribution >= 0.6 is 11.8 Å². The van der Waals surface area contributed by atoms with Crippen molar-refractivity contribution in [2.45, 2.75) is 42.2 Å². The summed E-state index contributed by atoms with van der Waals surface area (Å²) in [5.41, 5.74) is 5.39. The summed E-state index contributed by atoms with van der Waals surface area (Å²) in [5, 5.41) is 0.504. The Bertz CT molecular complexity index is 498. The first-order chi connectivity index (χ1) is 8.55. The van der Waals surface area contributed by atoms with E-state index >= 15 is 0 Å². The standard InChI is InChI=1S/C11H18N2O3S2/c1-17-10-4-2-8(6-10)13-18(14,15)11-5-3-9(7-12)16-11/h3,5,8,10,13H,2,4,6-7,12H2,1H3. The van der Waals surface area contributed by atoms with Crippen LogP contribution in [0, 0.1) is 0 Å². The second kappa shape index (κ2) is 5.64. The topological polar surface area (TPSA) is 85.3 Å². The van der Waals surface area contributed by atoms with Gasteiger partial charge in [-0.2, -0.15) is 11.8 Å². The maximum Gasteiger partial charge on any atom is 0.274 e. The first kappa shape index (κ1) is 13.9. The molecule has 5 nitrogen and oxygen atoms in total. The van der Waals surface area contributed by atoms with Gasteiger partial charge in [0, 0.05) is 11.3 Å². The Morgan fingerprint density at radius 3 is 2.83 bits per heavy atom. The summed E-state index contributed by atoms with van der Waals surface area (Å²) in [6.45, 7) is 0.202. The summed E-state index contributed by atoms with van der Waals surface area (Å²) in [5.74, 6) is 0.476. The highest BCUT2D eigenvalue weighted by Gasteiger charge is 2.29. The zero-order valence-electron chi connectivity index (χ0n) is 10.3. The Balaban J connectivity index is 2.03. The maximum atomic E-state index is 12.1. The van der Waals surface area contributed by atoms with Crippen LogP contribution in [0.5, 0.6) is 0 Å². The molecule has 2 unspecified atom stereocenters. The molecule has 1 fully saturated rings. The monoisotopic (exact) mass is 290 g/mol. The molecule has 0 radical (unpaired) electrons. The number of rotatable bonds is 5. The second-order valence-corrected chi connectivity index (χ2v) is 7.20. The van der Waals surface area contributed by atoms with Crippen LogP contribution in [-0.2, 0) is 16.6 Å². The van der Waals surface area contributed by atoms with Gasteiger partial charge in [0.05, 0.1) is 6.54 Å². The summed E-state index contributed by atoms with van der Waals surface area (Å²) < 4.78 is 32.0. The van der Waals surface area contributed by atoms with Crippen molar-refractivity contribution in [3.8, 4) is 0 Å². The molecule has 1 heterocycles. The Kier molecular flexibility index (Phi) is 4.37. The molecule has 0 bridgehead atoms. The molecular formula is C11H18N2O3S2. The quantitative estimate of drug-likeness (QED) is 0.854. The smallest absolute Gasteiger partial charge is 0.274 e. The molecule has 0 aliphatic heterocycles. The number of nitrogens with one attached hydrogen (secondary N) is 1. The molecule has 0 spiro atoms. The van der Waals surface area contributed by atoms with E-state index in [9.17, 15) is 8.42 Å². The van der Waals surface area contributed by atoms with Crippen molar-refractivity contribution >= 4 is 21.8 Å². The summed E-state index contributed by atoms with van der Waals surface area (Å²) in [6.07, 6.45) is 4.88. The van der Waals surface area contributed by atoms with E-state index in [0.717, 1.165) is 19.3 Å². The highest BCUT2D eigenvalue weighted by molar-refractivity contribution is 7.99. The van der Waals surface area contributed by atoms with Crippen molar-refractivity contribution in [1.82, 2.24) is 4.72 Å². The van der Waals surface area contributed by atoms with Crippen LogP contribution in [0.15, 0.2) is 21.6 Å². The van der Waals surface area contributed by atoms with E-state index in [1.807, 2.05) is 0 Å². The lowest BCUT2D eigenvalue weighted by Crippen LogP contribution is -2.32. The number of hydrogen-bond acceptors (Lipinski definition) is 5. The summed E-state index contributed by atoms with van der Waals surface area (Å²) in [4.78, 5) is 0. The molecule has 2 rings (SSSR count). The molecule has 2 atom stereocenters. The van der Waals surface area contributed by atoms with Crippen LogP contribution in [-0.4, -0.2) is 26.0 Å². The Labute approximate surface area is 112 Å². The van der Waals surface area contributed by atoms with E-state index in [4.69, 9.17) is 10.2 Å².